The van der Waals surface area contributed by atoms with Crippen molar-refractivity contribution < 1.29 is 23.5 Å². The highest BCUT2D eigenvalue weighted by atomic mass is 16.5. The quantitative estimate of drug-likeness (QED) is 0.641. The van der Waals surface area contributed by atoms with E-state index in [9.17, 15) is 14.4 Å². The third-order valence-corrected chi connectivity index (χ3v) is 4.04. The topological polar surface area (TPSA) is 92.6 Å². The average Bonchev–Trinajstić information content (AvgIpc) is 3.19. The summed E-state index contributed by atoms with van der Waals surface area (Å²) in [6.45, 7) is 6.92. The van der Waals surface area contributed by atoms with E-state index in [1.54, 1.807) is 26.0 Å². The van der Waals surface area contributed by atoms with Crippen molar-refractivity contribution in [2.24, 2.45) is 0 Å². The van der Waals surface area contributed by atoms with Crippen molar-refractivity contribution in [2.75, 3.05) is 13.7 Å². The van der Waals surface area contributed by atoms with Gasteiger partial charge in [-0.3, -0.25) is 9.59 Å². The van der Waals surface area contributed by atoms with Crippen LogP contribution in [0.15, 0.2) is 22.8 Å². The standard InChI is InChI=1S/C18H22N2O5/c1-10(2)20(17(22)14-7-6-8-25-14)9-13(21)15-11(3)16(18(23)24-5)19-12(15)4/h6-8,10,19H,9H2,1-5H3. The van der Waals surface area contributed by atoms with Crippen LogP contribution in [-0.2, 0) is 4.74 Å². The Hall–Kier alpha value is -2.83. The molecule has 2 heterocycles. The van der Waals surface area contributed by atoms with Gasteiger partial charge in [-0.2, -0.15) is 0 Å². The summed E-state index contributed by atoms with van der Waals surface area (Å²) >= 11 is 0. The molecular formula is C18H22N2O5. The highest BCUT2D eigenvalue weighted by Gasteiger charge is 2.27. The molecule has 0 aliphatic rings. The highest BCUT2D eigenvalue weighted by Crippen LogP contribution is 2.20. The van der Waals surface area contributed by atoms with E-state index >= 15 is 0 Å². The molecular weight excluding hydrogens is 324 g/mol. The minimum atomic E-state index is -0.535. The first-order chi connectivity index (χ1) is 11.8. The molecule has 0 aliphatic carbocycles. The Bertz CT molecular complexity index is 787. The number of amides is 1. The first-order valence-corrected chi connectivity index (χ1v) is 7.93. The number of ketones is 1. The number of H-pyrrole nitrogens is 1. The SMILES string of the molecule is COC(=O)c1[nH]c(C)c(C(=O)CN(C(=O)c2ccco2)C(C)C)c1C. The van der Waals surface area contributed by atoms with Gasteiger partial charge in [0.2, 0.25) is 0 Å². The van der Waals surface area contributed by atoms with Crippen LogP contribution < -0.4 is 0 Å². The fourth-order valence-electron chi connectivity index (χ4n) is 2.74. The zero-order chi connectivity index (χ0) is 18.7. The lowest BCUT2D eigenvalue weighted by atomic mass is 10.0. The van der Waals surface area contributed by atoms with E-state index in [-0.39, 0.29) is 35.7 Å². The van der Waals surface area contributed by atoms with Gasteiger partial charge in [-0.15, -0.1) is 0 Å². The molecule has 0 atom stereocenters. The number of methoxy groups -OCH3 is 1. The van der Waals surface area contributed by atoms with Crippen molar-refractivity contribution in [1.29, 1.82) is 0 Å². The Morgan fingerprint density at radius 3 is 2.48 bits per heavy atom. The molecule has 2 aromatic rings. The first-order valence-electron chi connectivity index (χ1n) is 7.93. The van der Waals surface area contributed by atoms with Crippen molar-refractivity contribution in [3.8, 4) is 0 Å². The maximum absolute atomic E-state index is 12.8. The maximum atomic E-state index is 12.8. The summed E-state index contributed by atoms with van der Waals surface area (Å²) in [5, 5.41) is 0. The number of esters is 1. The number of furan rings is 1. The number of carbonyl (C=O) groups is 3. The van der Waals surface area contributed by atoms with Crippen molar-refractivity contribution in [3.63, 3.8) is 0 Å². The maximum Gasteiger partial charge on any atom is 0.354 e. The number of aromatic nitrogens is 1. The fraction of sp³-hybridized carbons (Fsp3) is 0.389. The zero-order valence-corrected chi connectivity index (χ0v) is 15.0. The van der Waals surface area contributed by atoms with Crippen molar-refractivity contribution in [2.45, 2.75) is 33.7 Å². The van der Waals surface area contributed by atoms with Crippen molar-refractivity contribution in [1.82, 2.24) is 9.88 Å². The molecule has 1 N–H and O–H groups in total. The number of aromatic amines is 1. The third kappa shape index (κ3) is 3.65. The van der Waals surface area contributed by atoms with Crippen LogP contribution >= 0.6 is 0 Å². The number of rotatable bonds is 6. The van der Waals surface area contributed by atoms with Gasteiger partial charge in [0.15, 0.2) is 11.5 Å². The fourth-order valence-corrected chi connectivity index (χ4v) is 2.74. The van der Waals surface area contributed by atoms with E-state index in [0.717, 1.165) is 0 Å². The minimum Gasteiger partial charge on any atom is -0.464 e. The van der Waals surface area contributed by atoms with E-state index in [1.165, 1.54) is 18.3 Å². The number of aryl methyl sites for hydroxylation is 1. The minimum absolute atomic E-state index is 0.114. The summed E-state index contributed by atoms with van der Waals surface area (Å²) < 4.78 is 9.85. The van der Waals surface area contributed by atoms with Gasteiger partial charge in [0.1, 0.15) is 5.69 Å². The predicted octanol–water partition coefficient (Wildman–Crippen LogP) is 2.74. The summed E-state index contributed by atoms with van der Waals surface area (Å²) in [6.07, 6.45) is 1.41. The Morgan fingerprint density at radius 1 is 1.28 bits per heavy atom. The summed E-state index contributed by atoms with van der Waals surface area (Å²) in [5.74, 6) is -0.964. The summed E-state index contributed by atoms with van der Waals surface area (Å²) in [7, 11) is 1.28. The van der Waals surface area contributed by atoms with Gasteiger partial charge in [0.25, 0.3) is 5.91 Å². The lowest BCUT2D eigenvalue weighted by Gasteiger charge is -2.25. The van der Waals surface area contributed by atoms with Gasteiger partial charge >= 0.3 is 5.97 Å². The molecule has 2 aromatic heterocycles. The number of carbonyl (C=O) groups excluding carboxylic acids is 3. The molecule has 0 bridgehead atoms. The molecule has 0 radical (unpaired) electrons. The van der Waals surface area contributed by atoms with E-state index < -0.39 is 5.97 Å². The van der Waals surface area contributed by atoms with E-state index in [0.29, 0.717) is 16.8 Å². The largest absolute Gasteiger partial charge is 0.464 e. The number of nitrogens with one attached hydrogen (secondary N) is 1. The van der Waals surface area contributed by atoms with Gasteiger partial charge in [0, 0.05) is 17.3 Å². The van der Waals surface area contributed by atoms with E-state index in [1.807, 2.05) is 13.8 Å². The molecule has 0 aliphatic heterocycles. The van der Waals surface area contributed by atoms with Gasteiger partial charge in [-0.25, -0.2) is 4.79 Å². The van der Waals surface area contributed by atoms with Crippen LogP contribution in [0.4, 0.5) is 0 Å². The number of ether oxygens (including phenoxy) is 1. The predicted molar refractivity (Wildman–Crippen MR) is 90.8 cm³/mol. The van der Waals surface area contributed by atoms with Crippen LogP contribution in [0.5, 0.6) is 0 Å². The van der Waals surface area contributed by atoms with Crippen LogP contribution in [0.1, 0.15) is 56.5 Å². The Kier molecular flexibility index (Phi) is 5.46. The molecule has 7 nitrogen and oxygen atoms in total. The summed E-state index contributed by atoms with van der Waals surface area (Å²) in [6, 6.07) is 2.99. The molecule has 0 fully saturated rings. The molecule has 0 spiro atoms. The second-order valence-electron chi connectivity index (χ2n) is 6.04. The molecule has 0 aromatic carbocycles. The monoisotopic (exact) mass is 346 g/mol. The smallest absolute Gasteiger partial charge is 0.354 e. The van der Waals surface area contributed by atoms with Crippen molar-refractivity contribution in [3.05, 3.63) is 46.7 Å². The Labute approximate surface area is 145 Å². The molecule has 25 heavy (non-hydrogen) atoms. The van der Waals surface area contributed by atoms with Gasteiger partial charge in [-0.1, -0.05) is 0 Å². The lowest BCUT2D eigenvalue weighted by molar-refractivity contribution is 0.0592. The van der Waals surface area contributed by atoms with Gasteiger partial charge in [-0.05, 0) is 45.4 Å². The number of hydrogen-bond acceptors (Lipinski definition) is 5. The lowest BCUT2D eigenvalue weighted by Crippen LogP contribution is -2.40. The number of hydrogen-bond donors (Lipinski definition) is 1. The molecule has 0 saturated heterocycles. The number of nitrogens with zero attached hydrogens (tertiary/aromatic N) is 1. The number of Topliss-reactive ketones (excluding diaryl/α,β-unsaturated/α-hetero) is 1. The normalized spacial score (nSPS) is 10.8. The Morgan fingerprint density at radius 2 is 1.96 bits per heavy atom. The van der Waals surface area contributed by atoms with Crippen LogP contribution in [-0.4, -0.2) is 47.2 Å². The van der Waals surface area contributed by atoms with Crippen LogP contribution in [0.2, 0.25) is 0 Å². The molecule has 0 saturated carbocycles. The molecule has 7 heteroatoms. The molecule has 134 valence electrons. The molecule has 1 amide bonds. The average molecular weight is 346 g/mol. The highest BCUT2D eigenvalue weighted by molar-refractivity contribution is 6.05. The Balaban J connectivity index is 2.29. The summed E-state index contributed by atoms with van der Waals surface area (Å²) in [4.78, 5) is 41.4. The second-order valence-corrected chi connectivity index (χ2v) is 6.04. The van der Waals surface area contributed by atoms with Crippen LogP contribution in [0.3, 0.4) is 0 Å². The summed E-state index contributed by atoms with van der Waals surface area (Å²) in [5.41, 5.74) is 1.73. The first kappa shape index (κ1) is 18.5. The van der Waals surface area contributed by atoms with Gasteiger partial charge in [0.05, 0.1) is 19.9 Å². The zero-order valence-electron chi connectivity index (χ0n) is 15.0. The van der Waals surface area contributed by atoms with Crippen LogP contribution in [0, 0.1) is 13.8 Å². The van der Waals surface area contributed by atoms with Crippen molar-refractivity contribution >= 4 is 17.7 Å². The van der Waals surface area contributed by atoms with Crippen LogP contribution in [0.25, 0.3) is 0 Å². The van der Waals surface area contributed by atoms with E-state index in [4.69, 9.17) is 9.15 Å². The third-order valence-electron chi connectivity index (χ3n) is 4.04. The van der Waals surface area contributed by atoms with E-state index in [2.05, 4.69) is 4.98 Å². The molecule has 0 unspecified atom stereocenters. The second kappa shape index (κ2) is 7.38. The van der Waals surface area contributed by atoms with Gasteiger partial charge < -0.3 is 19.0 Å². The molecule has 2 rings (SSSR count).